The molecule has 5 heteroatoms. The average molecular weight is 337 g/mol. The lowest BCUT2D eigenvalue weighted by molar-refractivity contribution is -0.121. The van der Waals surface area contributed by atoms with E-state index in [9.17, 15) is 9.18 Å². The second-order valence-electron chi connectivity index (χ2n) is 5.84. The SMILES string of the molecule is O=C(CCc1ccc(F)cc1)NCCc1ccc(-n2cccn2)cc1. The molecule has 0 bridgehead atoms. The lowest BCUT2D eigenvalue weighted by Gasteiger charge is -2.07. The zero-order valence-electron chi connectivity index (χ0n) is 13.9. The van der Waals surface area contributed by atoms with Crippen LogP contribution in [0.25, 0.3) is 5.69 Å². The molecule has 0 unspecified atom stereocenters. The standard InChI is InChI=1S/C20H20FN3O/c21-18-7-2-16(3-8-18)6-11-20(25)22-14-12-17-4-9-19(10-5-17)24-15-1-13-23-24/h1-5,7-10,13,15H,6,11-12,14H2,(H,22,25). The Bertz CT molecular complexity index is 796. The topological polar surface area (TPSA) is 46.9 Å². The van der Waals surface area contributed by atoms with Crippen molar-refractivity contribution in [3.63, 3.8) is 0 Å². The molecule has 25 heavy (non-hydrogen) atoms. The van der Waals surface area contributed by atoms with Crippen LogP contribution >= 0.6 is 0 Å². The molecule has 1 amide bonds. The van der Waals surface area contributed by atoms with Gasteiger partial charge in [-0.1, -0.05) is 24.3 Å². The summed E-state index contributed by atoms with van der Waals surface area (Å²) in [4.78, 5) is 11.9. The maximum Gasteiger partial charge on any atom is 0.220 e. The van der Waals surface area contributed by atoms with E-state index in [0.717, 1.165) is 23.2 Å². The molecular weight excluding hydrogens is 317 g/mol. The number of aromatic nitrogens is 2. The van der Waals surface area contributed by atoms with Crippen molar-refractivity contribution in [3.8, 4) is 5.69 Å². The van der Waals surface area contributed by atoms with E-state index >= 15 is 0 Å². The van der Waals surface area contributed by atoms with Gasteiger partial charge in [-0.15, -0.1) is 0 Å². The first kappa shape index (κ1) is 16.9. The second-order valence-corrected chi connectivity index (χ2v) is 5.84. The van der Waals surface area contributed by atoms with Crippen LogP contribution in [-0.2, 0) is 17.6 Å². The lowest BCUT2D eigenvalue weighted by atomic mass is 10.1. The Morgan fingerprint density at radius 3 is 2.36 bits per heavy atom. The van der Waals surface area contributed by atoms with Gasteiger partial charge in [-0.05, 0) is 54.3 Å². The number of carbonyl (C=O) groups is 1. The summed E-state index contributed by atoms with van der Waals surface area (Å²) in [6.07, 6.45) is 5.45. The fourth-order valence-electron chi connectivity index (χ4n) is 2.58. The second kappa shape index (κ2) is 8.24. The summed E-state index contributed by atoms with van der Waals surface area (Å²) in [7, 11) is 0. The van der Waals surface area contributed by atoms with Gasteiger partial charge in [-0.2, -0.15) is 5.10 Å². The molecule has 4 nitrogen and oxygen atoms in total. The van der Waals surface area contributed by atoms with Gasteiger partial charge in [0.05, 0.1) is 5.69 Å². The van der Waals surface area contributed by atoms with Gasteiger partial charge >= 0.3 is 0 Å². The molecular formula is C20H20FN3O. The first-order valence-corrected chi connectivity index (χ1v) is 8.31. The largest absolute Gasteiger partial charge is 0.356 e. The van der Waals surface area contributed by atoms with Gasteiger partial charge in [0, 0.05) is 25.4 Å². The zero-order chi connectivity index (χ0) is 17.5. The van der Waals surface area contributed by atoms with Gasteiger partial charge in [0.2, 0.25) is 5.91 Å². The van der Waals surface area contributed by atoms with Crippen LogP contribution in [0.5, 0.6) is 0 Å². The highest BCUT2D eigenvalue weighted by molar-refractivity contribution is 5.76. The summed E-state index contributed by atoms with van der Waals surface area (Å²) in [5.74, 6) is -0.246. The Morgan fingerprint density at radius 2 is 1.68 bits per heavy atom. The Balaban J connectivity index is 1.40. The van der Waals surface area contributed by atoms with E-state index in [1.807, 2.05) is 36.5 Å². The number of nitrogens with one attached hydrogen (secondary N) is 1. The summed E-state index contributed by atoms with van der Waals surface area (Å²) in [6, 6.07) is 16.3. The number of hydrogen-bond donors (Lipinski definition) is 1. The predicted octanol–water partition coefficient (Wildman–Crippen LogP) is 3.30. The third kappa shape index (κ3) is 5.01. The molecule has 1 heterocycles. The van der Waals surface area contributed by atoms with E-state index in [1.165, 1.54) is 12.1 Å². The van der Waals surface area contributed by atoms with Crippen molar-refractivity contribution in [1.82, 2.24) is 15.1 Å². The number of amides is 1. The monoisotopic (exact) mass is 337 g/mol. The molecule has 128 valence electrons. The van der Waals surface area contributed by atoms with Crippen molar-refractivity contribution in [2.45, 2.75) is 19.3 Å². The average Bonchev–Trinajstić information content (AvgIpc) is 3.16. The summed E-state index contributed by atoms with van der Waals surface area (Å²) in [6.45, 7) is 0.601. The zero-order valence-corrected chi connectivity index (χ0v) is 13.9. The molecule has 0 fully saturated rings. The normalized spacial score (nSPS) is 10.6. The van der Waals surface area contributed by atoms with Crippen molar-refractivity contribution >= 4 is 5.91 Å². The summed E-state index contributed by atoms with van der Waals surface area (Å²) in [5, 5.41) is 7.11. The van der Waals surface area contributed by atoms with E-state index in [-0.39, 0.29) is 11.7 Å². The van der Waals surface area contributed by atoms with Gasteiger partial charge in [0.25, 0.3) is 0 Å². The minimum absolute atomic E-state index is 0.0116. The summed E-state index contributed by atoms with van der Waals surface area (Å²) in [5.41, 5.74) is 3.14. The highest BCUT2D eigenvalue weighted by atomic mass is 19.1. The van der Waals surface area contributed by atoms with E-state index in [4.69, 9.17) is 0 Å². The highest BCUT2D eigenvalue weighted by Crippen LogP contribution is 2.09. The molecule has 3 aromatic rings. The van der Waals surface area contributed by atoms with Crippen molar-refractivity contribution in [1.29, 1.82) is 0 Å². The number of halogens is 1. The quantitative estimate of drug-likeness (QED) is 0.719. The van der Waals surface area contributed by atoms with Gasteiger partial charge < -0.3 is 5.32 Å². The van der Waals surface area contributed by atoms with Crippen LogP contribution in [0.15, 0.2) is 67.0 Å². The van der Waals surface area contributed by atoms with Gasteiger partial charge in [0.15, 0.2) is 0 Å². The Labute approximate surface area is 146 Å². The van der Waals surface area contributed by atoms with Gasteiger partial charge in [-0.25, -0.2) is 9.07 Å². The van der Waals surface area contributed by atoms with Crippen LogP contribution in [0.3, 0.4) is 0 Å². The van der Waals surface area contributed by atoms with Crippen molar-refractivity contribution in [2.75, 3.05) is 6.54 Å². The summed E-state index contributed by atoms with van der Waals surface area (Å²) >= 11 is 0. The Morgan fingerprint density at radius 1 is 1.00 bits per heavy atom. The molecule has 0 spiro atoms. The van der Waals surface area contributed by atoms with Crippen LogP contribution in [0.2, 0.25) is 0 Å². The number of benzene rings is 2. The third-order valence-electron chi connectivity index (χ3n) is 4.00. The lowest BCUT2D eigenvalue weighted by Crippen LogP contribution is -2.25. The first-order valence-electron chi connectivity index (χ1n) is 8.31. The number of rotatable bonds is 7. The fourth-order valence-corrected chi connectivity index (χ4v) is 2.58. The van der Waals surface area contributed by atoms with Crippen LogP contribution in [0.4, 0.5) is 4.39 Å². The first-order chi connectivity index (χ1) is 12.2. The van der Waals surface area contributed by atoms with Gasteiger partial charge in [-0.3, -0.25) is 4.79 Å². The molecule has 0 saturated carbocycles. The molecule has 0 atom stereocenters. The fraction of sp³-hybridized carbons (Fsp3) is 0.200. The van der Waals surface area contributed by atoms with E-state index in [2.05, 4.69) is 10.4 Å². The van der Waals surface area contributed by atoms with Gasteiger partial charge in [0.1, 0.15) is 5.82 Å². The van der Waals surface area contributed by atoms with Crippen LogP contribution in [0, 0.1) is 5.82 Å². The number of aryl methyl sites for hydroxylation is 1. The number of hydrogen-bond acceptors (Lipinski definition) is 2. The minimum Gasteiger partial charge on any atom is -0.356 e. The third-order valence-corrected chi connectivity index (χ3v) is 4.00. The van der Waals surface area contributed by atoms with E-state index in [0.29, 0.717) is 19.4 Å². The molecule has 3 rings (SSSR count). The Kier molecular flexibility index (Phi) is 5.57. The highest BCUT2D eigenvalue weighted by Gasteiger charge is 2.03. The smallest absolute Gasteiger partial charge is 0.220 e. The molecule has 0 radical (unpaired) electrons. The molecule has 1 N–H and O–H groups in total. The van der Waals surface area contributed by atoms with E-state index < -0.39 is 0 Å². The molecule has 0 aliphatic carbocycles. The molecule has 2 aromatic carbocycles. The van der Waals surface area contributed by atoms with E-state index in [1.54, 1.807) is 23.0 Å². The molecule has 0 aliphatic rings. The molecule has 0 aliphatic heterocycles. The Hall–Kier alpha value is -2.95. The molecule has 0 saturated heterocycles. The summed E-state index contributed by atoms with van der Waals surface area (Å²) < 4.78 is 14.6. The maximum absolute atomic E-state index is 12.8. The van der Waals surface area contributed by atoms with Crippen molar-refractivity contribution in [3.05, 3.63) is 83.9 Å². The predicted molar refractivity (Wildman–Crippen MR) is 95.0 cm³/mol. The maximum atomic E-state index is 12.8. The number of nitrogens with zero attached hydrogens (tertiary/aromatic N) is 2. The minimum atomic E-state index is -0.258. The van der Waals surface area contributed by atoms with Crippen LogP contribution in [0.1, 0.15) is 17.5 Å². The van der Waals surface area contributed by atoms with Crippen molar-refractivity contribution < 1.29 is 9.18 Å². The van der Waals surface area contributed by atoms with Crippen LogP contribution < -0.4 is 5.32 Å². The number of carbonyl (C=O) groups excluding carboxylic acids is 1. The van der Waals surface area contributed by atoms with Crippen LogP contribution in [-0.4, -0.2) is 22.2 Å². The molecule has 1 aromatic heterocycles. The van der Waals surface area contributed by atoms with Crippen molar-refractivity contribution in [2.24, 2.45) is 0 Å².